The van der Waals surface area contributed by atoms with Gasteiger partial charge in [0.05, 0.1) is 6.54 Å². The molecule has 1 atom stereocenters. The molecule has 0 radical (unpaired) electrons. The first-order valence-corrected chi connectivity index (χ1v) is 11.3. The Labute approximate surface area is 209 Å². The molecule has 4 nitrogen and oxygen atoms in total. The summed E-state index contributed by atoms with van der Waals surface area (Å²) in [4.78, 5) is 0. The molecule has 3 rings (SSSR count). The summed E-state index contributed by atoms with van der Waals surface area (Å²) in [7, 11) is 0. The van der Waals surface area contributed by atoms with E-state index in [1.54, 1.807) is 6.07 Å². The van der Waals surface area contributed by atoms with Crippen LogP contribution in [0, 0.1) is 0 Å². The number of rotatable bonds is 11. The Balaban J connectivity index is 0.00000341. The van der Waals surface area contributed by atoms with Crippen LogP contribution in [0.25, 0.3) is 0 Å². The van der Waals surface area contributed by atoms with Crippen LogP contribution in [0.4, 0.5) is 5.69 Å². The van der Waals surface area contributed by atoms with Gasteiger partial charge in [0.1, 0.15) is 31.6 Å². The zero-order valence-corrected chi connectivity index (χ0v) is 21.3. The lowest BCUT2D eigenvalue weighted by atomic mass is 10.1. The van der Waals surface area contributed by atoms with Crippen molar-refractivity contribution >= 4 is 40.5 Å². The first kappa shape index (κ1) is 26.0. The zero-order chi connectivity index (χ0) is 21.3. The van der Waals surface area contributed by atoms with E-state index in [0.29, 0.717) is 23.2 Å². The van der Waals surface area contributed by atoms with Crippen LogP contribution in [-0.4, -0.2) is 17.7 Å². The van der Waals surface area contributed by atoms with E-state index in [9.17, 15) is 0 Å². The van der Waals surface area contributed by atoms with Crippen LogP contribution in [0.2, 0.25) is 15.1 Å². The van der Waals surface area contributed by atoms with E-state index in [-0.39, 0.29) is 23.1 Å². The van der Waals surface area contributed by atoms with Crippen molar-refractivity contribution in [1.29, 1.82) is 0 Å². The molecule has 1 N–H and O–H groups in total. The molecule has 0 aliphatic carbocycles. The van der Waals surface area contributed by atoms with Crippen LogP contribution in [-0.2, 0) is 17.8 Å². The molecule has 1 heterocycles. The van der Waals surface area contributed by atoms with Gasteiger partial charge in [0.2, 0.25) is 6.33 Å². The number of hydrogen-bond acceptors (Lipinski definition) is 2. The lowest BCUT2D eigenvalue weighted by Crippen LogP contribution is -3.00. The highest BCUT2D eigenvalue weighted by Gasteiger charge is 2.19. The first-order valence-electron chi connectivity index (χ1n) is 10.2. The third-order valence-corrected chi connectivity index (χ3v) is 5.61. The zero-order valence-electron chi connectivity index (χ0n) is 17.4. The van der Waals surface area contributed by atoms with E-state index >= 15 is 0 Å². The Morgan fingerprint density at radius 3 is 2.52 bits per heavy atom. The van der Waals surface area contributed by atoms with Crippen LogP contribution in [0.15, 0.2) is 61.2 Å². The molecule has 31 heavy (non-hydrogen) atoms. The van der Waals surface area contributed by atoms with E-state index in [0.717, 1.165) is 42.2 Å². The Morgan fingerprint density at radius 2 is 1.81 bits per heavy atom. The van der Waals surface area contributed by atoms with Gasteiger partial charge in [-0.15, -0.1) is 0 Å². The van der Waals surface area contributed by atoms with Crippen molar-refractivity contribution in [2.24, 2.45) is 0 Å². The van der Waals surface area contributed by atoms with Crippen LogP contribution >= 0.6 is 34.8 Å². The number of imidazole rings is 1. The maximum atomic E-state index is 6.45. The van der Waals surface area contributed by atoms with Crippen LogP contribution in [0.1, 0.15) is 31.4 Å². The number of anilines is 1. The van der Waals surface area contributed by atoms with Gasteiger partial charge in [-0.2, -0.15) is 0 Å². The summed E-state index contributed by atoms with van der Waals surface area (Å²) in [5, 5.41) is 5.40. The van der Waals surface area contributed by atoms with Crippen LogP contribution in [0.3, 0.4) is 0 Å². The van der Waals surface area contributed by atoms with Crippen molar-refractivity contribution in [3.05, 3.63) is 81.8 Å². The van der Waals surface area contributed by atoms with Gasteiger partial charge in [-0.3, -0.25) is 0 Å². The number of hydrogen-bond donors (Lipinski definition) is 1. The molecule has 1 unspecified atom stereocenters. The SMILES string of the molecule is CCCCOC(C[n+]1ccn(CCNc2ccc(Cl)cc2)c1)c1ccc(Cl)cc1Cl.[Br-]. The van der Waals surface area contributed by atoms with Crippen molar-refractivity contribution in [2.75, 3.05) is 18.5 Å². The molecule has 0 aliphatic heterocycles. The van der Waals surface area contributed by atoms with Crippen molar-refractivity contribution in [3.8, 4) is 0 Å². The highest BCUT2D eigenvalue weighted by atomic mass is 79.9. The van der Waals surface area contributed by atoms with Crippen LogP contribution in [0.5, 0.6) is 0 Å². The third kappa shape index (κ3) is 8.32. The number of aromatic nitrogens is 2. The van der Waals surface area contributed by atoms with Gasteiger partial charge < -0.3 is 27.0 Å². The molecule has 168 valence electrons. The van der Waals surface area contributed by atoms with Gasteiger partial charge in [-0.25, -0.2) is 9.13 Å². The van der Waals surface area contributed by atoms with Crippen molar-refractivity contribution in [2.45, 2.75) is 39.0 Å². The molecule has 8 heteroatoms. The Bertz CT molecular complexity index is 934. The van der Waals surface area contributed by atoms with Crippen molar-refractivity contribution in [3.63, 3.8) is 0 Å². The fraction of sp³-hybridized carbons (Fsp3) is 0.348. The van der Waals surface area contributed by atoms with E-state index < -0.39 is 0 Å². The maximum absolute atomic E-state index is 6.45. The monoisotopic (exact) mass is 545 g/mol. The predicted octanol–water partition coefficient (Wildman–Crippen LogP) is 3.41. The maximum Gasteiger partial charge on any atom is 0.243 e. The molecule has 0 saturated carbocycles. The highest BCUT2D eigenvalue weighted by molar-refractivity contribution is 6.35. The second-order valence-corrected chi connectivity index (χ2v) is 8.44. The smallest absolute Gasteiger partial charge is 0.243 e. The summed E-state index contributed by atoms with van der Waals surface area (Å²) < 4.78 is 10.4. The number of benzene rings is 2. The van der Waals surface area contributed by atoms with Crippen molar-refractivity contribution in [1.82, 2.24) is 4.57 Å². The van der Waals surface area contributed by atoms with Crippen molar-refractivity contribution < 1.29 is 26.3 Å². The second kappa shape index (κ2) is 13.3. The average molecular weight is 548 g/mol. The Kier molecular flexibility index (Phi) is 11.2. The quantitative estimate of drug-likeness (QED) is 0.295. The van der Waals surface area contributed by atoms with Gasteiger partial charge in [0, 0.05) is 32.9 Å². The molecule has 1 aromatic heterocycles. The minimum absolute atomic E-state index is 0. The molecule has 0 saturated heterocycles. The number of nitrogens with zero attached hydrogens (tertiary/aromatic N) is 2. The molecular formula is C23H27BrCl3N3O. The summed E-state index contributed by atoms with van der Waals surface area (Å²) in [6.45, 7) is 5.20. The normalized spacial score (nSPS) is 11.7. The van der Waals surface area contributed by atoms with Gasteiger partial charge in [-0.1, -0.05) is 54.2 Å². The lowest BCUT2D eigenvalue weighted by Gasteiger charge is -2.18. The predicted molar refractivity (Wildman–Crippen MR) is 125 cm³/mol. The standard InChI is InChI=1S/C23H27Cl3N3O.BrH/c1-2-3-14-30-23(21-9-6-19(25)15-22(21)26)16-29-13-12-28(17-29)11-10-27-20-7-4-18(24)5-8-20;/h4-9,12-13,15,17,23,27H,2-3,10-11,14,16H2,1H3;1H/q+1;/p-1. The summed E-state index contributed by atoms with van der Waals surface area (Å²) in [5.74, 6) is 0. The minimum Gasteiger partial charge on any atom is -1.00 e. The van der Waals surface area contributed by atoms with Gasteiger partial charge in [0.25, 0.3) is 0 Å². The molecule has 3 aromatic rings. The first-order chi connectivity index (χ1) is 14.5. The number of unbranched alkanes of at least 4 members (excludes halogenated alkanes) is 1. The Hall–Kier alpha value is -1.24. The summed E-state index contributed by atoms with van der Waals surface area (Å²) in [6.07, 6.45) is 8.19. The van der Waals surface area contributed by atoms with Gasteiger partial charge >= 0.3 is 0 Å². The molecule has 2 aromatic carbocycles. The molecular weight excluding hydrogens is 521 g/mol. The van der Waals surface area contributed by atoms with Gasteiger partial charge in [0.15, 0.2) is 0 Å². The molecule has 0 amide bonds. The molecule has 0 aliphatic rings. The topological polar surface area (TPSA) is 30.1 Å². The fourth-order valence-corrected chi connectivity index (χ4v) is 3.80. The summed E-state index contributed by atoms with van der Waals surface area (Å²) >= 11 is 18.4. The third-order valence-electron chi connectivity index (χ3n) is 4.79. The van der Waals surface area contributed by atoms with Crippen LogP contribution < -0.4 is 26.9 Å². The fourth-order valence-electron chi connectivity index (χ4n) is 3.14. The summed E-state index contributed by atoms with van der Waals surface area (Å²) in [6, 6.07) is 13.3. The molecule has 0 bridgehead atoms. The highest BCUT2D eigenvalue weighted by Crippen LogP contribution is 2.29. The number of ether oxygens (including phenoxy) is 1. The van der Waals surface area contributed by atoms with E-state index in [4.69, 9.17) is 39.5 Å². The number of nitrogens with one attached hydrogen (secondary N) is 1. The van der Waals surface area contributed by atoms with Gasteiger partial charge in [-0.05, 0) is 42.8 Å². The Morgan fingerprint density at radius 1 is 1.06 bits per heavy atom. The second-order valence-electron chi connectivity index (χ2n) is 7.16. The average Bonchev–Trinajstić information content (AvgIpc) is 3.16. The van der Waals surface area contributed by atoms with E-state index in [1.165, 1.54) is 0 Å². The molecule has 0 spiro atoms. The summed E-state index contributed by atoms with van der Waals surface area (Å²) in [5.41, 5.74) is 2.02. The van der Waals surface area contributed by atoms with E-state index in [2.05, 4.69) is 40.1 Å². The van der Waals surface area contributed by atoms with E-state index in [1.807, 2.05) is 36.4 Å². The lowest BCUT2D eigenvalue weighted by molar-refractivity contribution is -0.704. The number of halogens is 4. The molecule has 0 fully saturated rings. The minimum atomic E-state index is -0.130. The largest absolute Gasteiger partial charge is 1.00 e.